The van der Waals surface area contributed by atoms with Gasteiger partial charge in [0.1, 0.15) is 4.21 Å². The van der Waals surface area contributed by atoms with Gasteiger partial charge in [0.05, 0.1) is 10.9 Å². The molecular formula is C14H24ClNO3S2. The van der Waals surface area contributed by atoms with Crippen LogP contribution in [0.2, 0.25) is 4.34 Å². The van der Waals surface area contributed by atoms with Crippen molar-refractivity contribution < 1.29 is 13.5 Å². The topological polar surface area (TPSA) is 66.4 Å². The summed E-state index contributed by atoms with van der Waals surface area (Å²) in [7, 11) is -3.61. The third-order valence-corrected chi connectivity index (χ3v) is 6.73. The fraction of sp³-hybridized carbons (Fsp3) is 0.714. The minimum absolute atomic E-state index is 0.0945. The maximum absolute atomic E-state index is 12.2. The Labute approximate surface area is 136 Å². The summed E-state index contributed by atoms with van der Waals surface area (Å²) in [5.41, 5.74) is 0. The van der Waals surface area contributed by atoms with E-state index in [1.807, 2.05) is 6.92 Å². The van der Waals surface area contributed by atoms with Crippen molar-refractivity contribution in [3.05, 3.63) is 16.5 Å². The summed E-state index contributed by atoms with van der Waals surface area (Å²) < 4.78 is 27.7. The van der Waals surface area contributed by atoms with Crippen molar-refractivity contribution in [2.24, 2.45) is 5.92 Å². The molecule has 0 bridgehead atoms. The van der Waals surface area contributed by atoms with E-state index in [9.17, 15) is 13.5 Å². The molecule has 1 aromatic rings. The number of rotatable bonds is 10. The lowest BCUT2D eigenvalue weighted by Crippen LogP contribution is -2.41. The van der Waals surface area contributed by atoms with Crippen molar-refractivity contribution in [2.45, 2.75) is 56.2 Å². The van der Waals surface area contributed by atoms with Crippen LogP contribution in [0.4, 0.5) is 0 Å². The molecule has 2 atom stereocenters. The molecule has 21 heavy (non-hydrogen) atoms. The van der Waals surface area contributed by atoms with Gasteiger partial charge in [0, 0.05) is 6.04 Å². The van der Waals surface area contributed by atoms with Crippen LogP contribution in [0.25, 0.3) is 0 Å². The fourth-order valence-electron chi connectivity index (χ4n) is 2.13. The number of thiophene rings is 1. The summed E-state index contributed by atoms with van der Waals surface area (Å²) in [6.45, 7) is 3.92. The van der Waals surface area contributed by atoms with Crippen molar-refractivity contribution >= 4 is 33.0 Å². The summed E-state index contributed by atoms with van der Waals surface area (Å²) in [5, 5.41) is 9.46. The zero-order valence-electron chi connectivity index (χ0n) is 12.5. The number of nitrogens with one attached hydrogen (secondary N) is 1. The molecule has 0 saturated heterocycles. The Bertz CT molecular complexity index is 516. The van der Waals surface area contributed by atoms with E-state index in [-0.39, 0.29) is 16.7 Å². The van der Waals surface area contributed by atoms with Crippen LogP contribution in [0.15, 0.2) is 16.3 Å². The lowest BCUT2D eigenvalue weighted by Gasteiger charge is -2.22. The highest BCUT2D eigenvalue weighted by Gasteiger charge is 2.25. The van der Waals surface area contributed by atoms with E-state index in [0.29, 0.717) is 4.34 Å². The first-order chi connectivity index (χ1) is 9.90. The Morgan fingerprint density at radius 1 is 1.33 bits per heavy atom. The molecule has 0 unspecified atom stereocenters. The Morgan fingerprint density at radius 2 is 2.05 bits per heavy atom. The third kappa shape index (κ3) is 6.24. The van der Waals surface area contributed by atoms with E-state index in [1.54, 1.807) is 6.07 Å². The van der Waals surface area contributed by atoms with Crippen LogP contribution < -0.4 is 4.72 Å². The van der Waals surface area contributed by atoms with Crippen molar-refractivity contribution in [2.75, 3.05) is 6.61 Å². The van der Waals surface area contributed by atoms with E-state index in [2.05, 4.69) is 11.6 Å². The normalized spacial score (nSPS) is 15.0. The van der Waals surface area contributed by atoms with Gasteiger partial charge in [0.25, 0.3) is 0 Å². The maximum atomic E-state index is 12.2. The minimum Gasteiger partial charge on any atom is -0.395 e. The van der Waals surface area contributed by atoms with Gasteiger partial charge in [0.2, 0.25) is 10.0 Å². The second kappa shape index (κ2) is 9.10. The van der Waals surface area contributed by atoms with Gasteiger partial charge in [-0.2, -0.15) is 0 Å². The van der Waals surface area contributed by atoms with Crippen LogP contribution >= 0.6 is 22.9 Å². The van der Waals surface area contributed by atoms with E-state index in [1.165, 1.54) is 18.9 Å². The van der Waals surface area contributed by atoms with Gasteiger partial charge in [-0.05, 0) is 24.5 Å². The zero-order valence-corrected chi connectivity index (χ0v) is 14.9. The molecule has 122 valence electrons. The van der Waals surface area contributed by atoms with Gasteiger partial charge in [0.15, 0.2) is 0 Å². The van der Waals surface area contributed by atoms with Crippen molar-refractivity contribution in [3.63, 3.8) is 0 Å². The second-order valence-electron chi connectivity index (χ2n) is 5.30. The average molecular weight is 354 g/mol. The molecule has 0 amide bonds. The number of halogens is 1. The molecule has 1 rings (SSSR count). The predicted octanol–water partition coefficient (Wildman–Crippen LogP) is 3.65. The number of aliphatic hydroxyl groups excluding tert-OH is 1. The van der Waals surface area contributed by atoms with Crippen molar-refractivity contribution in [3.8, 4) is 0 Å². The standard InChI is InChI=1S/C14H24ClNO3S2/c1-3-4-5-6-7-11(2)12(10-17)16-21(18,19)14-9-8-13(15)20-14/h8-9,11-12,16-17H,3-7,10H2,1-2H3/t11-,12-/m1/s1. The van der Waals surface area contributed by atoms with E-state index >= 15 is 0 Å². The Kier molecular flexibility index (Phi) is 8.19. The molecule has 0 aliphatic rings. The molecular weight excluding hydrogens is 330 g/mol. The van der Waals surface area contributed by atoms with Gasteiger partial charge in [-0.15, -0.1) is 11.3 Å². The predicted molar refractivity (Wildman–Crippen MR) is 88.4 cm³/mol. The molecule has 0 aromatic carbocycles. The summed E-state index contributed by atoms with van der Waals surface area (Å²) in [5.74, 6) is 0.0945. The first-order valence-corrected chi connectivity index (χ1v) is 9.97. The van der Waals surface area contributed by atoms with Crippen LogP contribution in [0.5, 0.6) is 0 Å². The molecule has 7 heteroatoms. The number of hydrogen-bond donors (Lipinski definition) is 2. The zero-order chi connectivity index (χ0) is 15.9. The third-order valence-electron chi connectivity index (χ3n) is 3.52. The van der Waals surface area contributed by atoms with Crippen LogP contribution in [0.3, 0.4) is 0 Å². The van der Waals surface area contributed by atoms with E-state index in [0.717, 1.165) is 30.6 Å². The average Bonchev–Trinajstić information content (AvgIpc) is 2.88. The molecule has 1 aromatic heterocycles. The number of sulfonamides is 1. The van der Waals surface area contributed by atoms with Crippen LogP contribution in [-0.4, -0.2) is 26.2 Å². The lowest BCUT2D eigenvalue weighted by atomic mass is 9.96. The van der Waals surface area contributed by atoms with Crippen molar-refractivity contribution in [1.29, 1.82) is 0 Å². The smallest absolute Gasteiger partial charge is 0.250 e. The monoisotopic (exact) mass is 353 g/mol. The van der Waals surface area contributed by atoms with E-state index < -0.39 is 16.1 Å². The Balaban J connectivity index is 2.60. The molecule has 0 spiro atoms. The molecule has 0 saturated carbocycles. The fourth-order valence-corrected chi connectivity index (χ4v) is 4.96. The first kappa shape index (κ1) is 18.9. The van der Waals surface area contributed by atoms with Crippen molar-refractivity contribution in [1.82, 2.24) is 4.72 Å². The number of unbranched alkanes of at least 4 members (excludes halogenated alkanes) is 3. The quantitative estimate of drug-likeness (QED) is 0.631. The van der Waals surface area contributed by atoms with Crippen LogP contribution in [0.1, 0.15) is 46.0 Å². The van der Waals surface area contributed by atoms with Gasteiger partial charge in [-0.3, -0.25) is 0 Å². The summed E-state index contributed by atoms with van der Waals surface area (Å²) in [6.07, 6.45) is 5.46. The highest BCUT2D eigenvalue weighted by Crippen LogP contribution is 2.26. The second-order valence-corrected chi connectivity index (χ2v) is 8.95. The van der Waals surface area contributed by atoms with Gasteiger partial charge < -0.3 is 5.11 Å². The Hall–Kier alpha value is -0.140. The maximum Gasteiger partial charge on any atom is 0.250 e. The first-order valence-electron chi connectivity index (χ1n) is 7.29. The molecule has 0 radical (unpaired) electrons. The summed E-state index contributed by atoms with van der Waals surface area (Å²) >= 11 is 6.79. The molecule has 1 heterocycles. The highest BCUT2D eigenvalue weighted by atomic mass is 35.5. The Morgan fingerprint density at radius 3 is 2.57 bits per heavy atom. The highest BCUT2D eigenvalue weighted by molar-refractivity contribution is 7.91. The number of hydrogen-bond acceptors (Lipinski definition) is 4. The van der Waals surface area contributed by atoms with E-state index in [4.69, 9.17) is 11.6 Å². The number of aliphatic hydroxyl groups is 1. The molecule has 2 N–H and O–H groups in total. The van der Waals surface area contributed by atoms with Gasteiger partial charge >= 0.3 is 0 Å². The molecule has 0 fully saturated rings. The van der Waals surface area contributed by atoms with Gasteiger partial charge in [-0.1, -0.05) is 51.1 Å². The minimum atomic E-state index is -3.61. The van der Waals surface area contributed by atoms with Crippen LogP contribution in [0, 0.1) is 5.92 Å². The molecule has 0 aliphatic heterocycles. The largest absolute Gasteiger partial charge is 0.395 e. The molecule has 0 aliphatic carbocycles. The van der Waals surface area contributed by atoms with Gasteiger partial charge in [-0.25, -0.2) is 13.1 Å². The van der Waals surface area contributed by atoms with Crippen LogP contribution in [-0.2, 0) is 10.0 Å². The lowest BCUT2D eigenvalue weighted by molar-refractivity contribution is 0.214. The summed E-state index contributed by atoms with van der Waals surface area (Å²) in [6, 6.07) is 2.58. The summed E-state index contributed by atoms with van der Waals surface area (Å²) in [4.78, 5) is 0. The SMILES string of the molecule is CCCCCC[C@@H](C)[C@@H](CO)NS(=O)(=O)c1ccc(Cl)s1. The molecule has 4 nitrogen and oxygen atoms in total.